The second kappa shape index (κ2) is 11.0. The quantitative estimate of drug-likeness (QED) is 0.298. The maximum absolute atomic E-state index is 11.3. The molecule has 2 fully saturated rings. The lowest BCUT2D eigenvalue weighted by atomic mass is 9.74. The fourth-order valence-corrected chi connectivity index (χ4v) is 7.19. The first-order chi connectivity index (χ1) is 18.3. The number of benzene rings is 3. The number of rotatable bonds is 5. The third kappa shape index (κ3) is 4.81. The van der Waals surface area contributed by atoms with E-state index in [0.29, 0.717) is 23.3 Å². The van der Waals surface area contributed by atoms with Gasteiger partial charge < -0.3 is 15.3 Å². The molecule has 2 saturated carbocycles. The van der Waals surface area contributed by atoms with Crippen molar-refractivity contribution in [2.75, 3.05) is 0 Å². The number of phenols is 3. The van der Waals surface area contributed by atoms with Crippen molar-refractivity contribution in [3.05, 3.63) is 86.5 Å². The van der Waals surface area contributed by atoms with Crippen LogP contribution in [0.15, 0.2) is 36.4 Å². The van der Waals surface area contributed by atoms with Crippen LogP contribution in [-0.4, -0.2) is 15.3 Å². The van der Waals surface area contributed by atoms with E-state index < -0.39 is 0 Å². The van der Waals surface area contributed by atoms with E-state index in [-0.39, 0.29) is 11.7 Å². The predicted molar refractivity (Wildman–Crippen MR) is 156 cm³/mol. The highest BCUT2D eigenvalue weighted by atomic mass is 16.3. The molecule has 0 atom stereocenters. The third-order valence-corrected chi connectivity index (χ3v) is 9.83. The monoisotopic (exact) mass is 512 g/mol. The second-order valence-corrected chi connectivity index (χ2v) is 12.0. The van der Waals surface area contributed by atoms with E-state index in [9.17, 15) is 15.3 Å². The molecule has 0 saturated heterocycles. The van der Waals surface area contributed by atoms with E-state index >= 15 is 0 Å². The number of phenolic OH excluding ortho intramolecular Hbond substituents is 3. The number of aromatic hydroxyl groups is 3. The van der Waals surface area contributed by atoms with Gasteiger partial charge in [-0.3, -0.25) is 0 Å². The van der Waals surface area contributed by atoms with Gasteiger partial charge in [0.2, 0.25) is 0 Å². The first-order valence-electron chi connectivity index (χ1n) is 14.7. The van der Waals surface area contributed by atoms with Crippen LogP contribution in [-0.2, 0) is 0 Å². The van der Waals surface area contributed by atoms with Gasteiger partial charge in [0.1, 0.15) is 17.2 Å². The average molecular weight is 513 g/mol. The maximum atomic E-state index is 11.3. The van der Waals surface area contributed by atoms with Crippen LogP contribution in [0.4, 0.5) is 0 Å². The molecule has 0 radical (unpaired) electrons. The van der Waals surface area contributed by atoms with Crippen LogP contribution in [0.25, 0.3) is 0 Å². The van der Waals surface area contributed by atoms with E-state index in [0.717, 1.165) is 75.8 Å². The first-order valence-corrected chi connectivity index (χ1v) is 14.7. The molecular weight excluding hydrogens is 468 g/mol. The lowest BCUT2D eigenvalue weighted by Gasteiger charge is -2.31. The van der Waals surface area contributed by atoms with Gasteiger partial charge >= 0.3 is 0 Å². The SMILES string of the molecule is Cc1c(C(c2ccccc2O)c2cc(C3CCCCC3)c(O)c(C)c2C)cc(C2CCCCC2)c(O)c1C. The largest absolute Gasteiger partial charge is 0.508 e. The van der Waals surface area contributed by atoms with Gasteiger partial charge in [0.15, 0.2) is 0 Å². The van der Waals surface area contributed by atoms with E-state index in [1.807, 2.05) is 32.0 Å². The van der Waals surface area contributed by atoms with Gasteiger partial charge in [-0.25, -0.2) is 0 Å². The zero-order valence-electron chi connectivity index (χ0n) is 23.6. The summed E-state index contributed by atoms with van der Waals surface area (Å²) >= 11 is 0. The highest BCUT2D eigenvalue weighted by Crippen LogP contribution is 2.48. The van der Waals surface area contributed by atoms with Crippen LogP contribution in [0.5, 0.6) is 17.2 Å². The highest BCUT2D eigenvalue weighted by Gasteiger charge is 2.31. The van der Waals surface area contributed by atoms with Gasteiger partial charge in [0, 0.05) is 11.5 Å². The molecule has 0 aliphatic heterocycles. The van der Waals surface area contributed by atoms with Gasteiger partial charge in [0.05, 0.1) is 0 Å². The zero-order chi connectivity index (χ0) is 27.0. The van der Waals surface area contributed by atoms with E-state index in [1.54, 1.807) is 6.07 Å². The summed E-state index contributed by atoms with van der Waals surface area (Å²) in [5.74, 6) is 1.71. The highest BCUT2D eigenvalue weighted by molar-refractivity contribution is 5.61. The molecule has 0 aromatic heterocycles. The Morgan fingerprint density at radius 3 is 1.39 bits per heavy atom. The van der Waals surface area contributed by atoms with Crippen molar-refractivity contribution in [3.63, 3.8) is 0 Å². The summed E-state index contributed by atoms with van der Waals surface area (Å²) in [5.41, 5.74) is 9.29. The van der Waals surface area contributed by atoms with Crippen molar-refractivity contribution < 1.29 is 15.3 Å². The fraction of sp³-hybridized carbons (Fsp3) is 0.486. The van der Waals surface area contributed by atoms with Crippen molar-refractivity contribution >= 4 is 0 Å². The molecule has 5 rings (SSSR count). The molecule has 0 heterocycles. The van der Waals surface area contributed by atoms with Gasteiger partial charge in [-0.1, -0.05) is 68.9 Å². The maximum Gasteiger partial charge on any atom is 0.122 e. The summed E-state index contributed by atoms with van der Waals surface area (Å²) in [6.45, 7) is 8.27. The Morgan fingerprint density at radius 2 is 0.974 bits per heavy atom. The van der Waals surface area contributed by atoms with Crippen molar-refractivity contribution in [1.82, 2.24) is 0 Å². The number of hydrogen-bond donors (Lipinski definition) is 3. The molecular formula is C35H44O3. The minimum Gasteiger partial charge on any atom is -0.508 e. The van der Waals surface area contributed by atoms with Crippen LogP contribution in [0.1, 0.15) is 132 Å². The number of para-hydroxylation sites is 1. The normalized spacial score (nSPS) is 17.3. The summed E-state index contributed by atoms with van der Waals surface area (Å²) < 4.78 is 0. The Bertz CT molecular complexity index is 1230. The van der Waals surface area contributed by atoms with Gasteiger partial charge in [-0.2, -0.15) is 0 Å². The van der Waals surface area contributed by atoms with Crippen molar-refractivity contribution in [3.8, 4) is 17.2 Å². The Hall–Kier alpha value is -2.94. The van der Waals surface area contributed by atoms with Gasteiger partial charge in [0.25, 0.3) is 0 Å². The summed E-state index contributed by atoms with van der Waals surface area (Å²) in [4.78, 5) is 0. The molecule has 3 aromatic rings. The zero-order valence-corrected chi connectivity index (χ0v) is 23.6. The molecule has 0 amide bonds. The Kier molecular flexibility index (Phi) is 7.75. The Balaban J connectivity index is 1.76. The molecule has 3 heteroatoms. The topological polar surface area (TPSA) is 60.7 Å². The Morgan fingerprint density at radius 1 is 0.553 bits per heavy atom. The molecule has 3 nitrogen and oxygen atoms in total. The van der Waals surface area contributed by atoms with Crippen LogP contribution >= 0.6 is 0 Å². The van der Waals surface area contributed by atoms with Crippen molar-refractivity contribution in [2.24, 2.45) is 0 Å². The minimum absolute atomic E-state index is 0.195. The predicted octanol–water partition coefficient (Wildman–Crippen LogP) is 9.31. The standard InChI is InChI=1S/C35H44O3/c1-21-23(3)34(37)30(25-13-7-5-8-14-25)19-28(21)33(27-17-11-12-18-32(27)36)29-20-31(26-15-9-6-10-16-26)35(38)24(4)22(29)2/h11-12,17-20,25-26,33,36-38H,5-10,13-16H2,1-4H3. The molecule has 38 heavy (non-hydrogen) atoms. The lowest BCUT2D eigenvalue weighted by Crippen LogP contribution is -2.14. The van der Waals surface area contributed by atoms with E-state index in [2.05, 4.69) is 26.0 Å². The Labute approximate surface area is 228 Å². The first kappa shape index (κ1) is 26.7. The smallest absolute Gasteiger partial charge is 0.122 e. The molecule has 0 bridgehead atoms. The van der Waals surface area contributed by atoms with Crippen LogP contribution < -0.4 is 0 Å². The molecule has 3 N–H and O–H groups in total. The average Bonchev–Trinajstić information content (AvgIpc) is 2.94. The second-order valence-electron chi connectivity index (χ2n) is 12.0. The van der Waals surface area contributed by atoms with Crippen LogP contribution in [0.3, 0.4) is 0 Å². The molecule has 2 aliphatic carbocycles. The summed E-state index contributed by atoms with van der Waals surface area (Å²) in [5, 5.41) is 33.8. The summed E-state index contributed by atoms with van der Waals surface area (Å²) in [6.07, 6.45) is 11.8. The molecule has 3 aromatic carbocycles. The minimum atomic E-state index is -0.195. The fourth-order valence-electron chi connectivity index (χ4n) is 7.19. The summed E-state index contributed by atoms with van der Waals surface area (Å²) in [6, 6.07) is 12.2. The van der Waals surface area contributed by atoms with Crippen LogP contribution in [0.2, 0.25) is 0 Å². The van der Waals surface area contributed by atoms with E-state index in [4.69, 9.17) is 0 Å². The van der Waals surface area contributed by atoms with Crippen molar-refractivity contribution in [1.29, 1.82) is 0 Å². The molecule has 0 unspecified atom stereocenters. The van der Waals surface area contributed by atoms with E-state index in [1.165, 1.54) is 38.5 Å². The van der Waals surface area contributed by atoms with Crippen molar-refractivity contribution in [2.45, 2.75) is 110 Å². The number of hydrogen-bond acceptors (Lipinski definition) is 3. The van der Waals surface area contributed by atoms with Crippen LogP contribution in [0, 0.1) is 27.7 Å². The lowest BCUT2D eigenvalue weighted by molar-refractivity contribution is 0.411. The molecule has 0 spiro atoms. The summed E-state index contributed by atoms with van der Waals surface area (Å²) in [7, 11) is 0. The third-order valence-electron chi connectivity index (χ3n) is 9.83. The molecule has 202 valence electrons. The van der Waals surface area contributed by atoms with Gasteiger partial charge in [-0.05, 0) is 116 Å². The molecule has 2 aliphatic rings. The van der Waals surface area contributed by atoms with Gasteiger partial charge in [-0.15, -0.1) is 0 Å².